The Bertz CT molecular complexity index is 1200. The highest BCUT2D eigenvalue weighted by atomic mass is 16.5. The van der Waals surface area contributed by atoms with Crippen molar-refractivity contribution in [2.45, 2.75) is 51.9 Å². The molecule has 3 rings (SSSR count). The van der Waals surface area contributed by atoms with Crippen LogP contribution >= 0.6 is 0 Å². The predicted molar refractivity (Wildman–Crippen MR) is 156 cm³/mol. The first kappa shape index (κ1) is 29.3. The van der Waals surface area contributed by atoms with E-state index in [1.165, 1.54) is 30.9 Å². The fourth-order valence-electron chi connectivity index (χ4n) is 3.91. The van der Waals surface area contributed by atoms with Crippen molar-refractivity contribution in [3.63, 3.8) is 0 Å². The lowest BCUT2D eigenvalue weighted by Crippen LogP contribution is -2.08. The lowest BCUT2D eigenvalue weighted by atomic mass is 10.1. The van der Waals surface area contributed by atoms with Crippen molar-refractivity contribution in [3.05, 3.63) is 89.5 Å². The van der Waals surface area contributed by atoms with Crippen LogP contribution in [0.25, 0.3) is 6.08 Å². The number of unbranched alkanes of at least 4 members (excludes halogenated alkanes) is 4. The summed E-state index contributed by atoms with van der Waals surface area (Å²) >= 11 is 0. The number of rotatable bonds is 15. The van der Waals surface area contributed by atoms with Gasteiger partial charge in [0.15, 0.2) is 0 Å². The Morgan fingerprint density at radius 3 is 2.13 bits per heavy atom. The van der Waals surface area contributed by atoms with Gasteiger partial charge < -0.3 is 25.7 Å². The van der Waals surface area contributed by atoms with E-state index in [1.54, 1.807) is 24.3 Å². The lowest BCUT2D eigenvalue weighted by Gasteiger charge is -2.08. The monoisotopic (exact) mass is 530 g/mol. The van der Waals surface area contributed by atoms with E-state index in [0.29, 0.717) is 35.9 Å². The van der Waals surface area contributed by atoms with Crippen molar-refractivity contribution in [1.82, 2.24) is 0 Å². The molecule has 0 fully saturated rings. The quantitative estimate of drug-likeness (QED) is 0.0747. The smallest absolute Gasteiger partial charge is 0.338 e. The third-order valence-electron chi connectivity index (χ3n) is 6.01. The summed E-state index contributed by atoms with van der Waals surface area (Å²) in [4.78, 5) is 24.2. The van der Waals surface area contributed by atoms with E-state index in [9.17, 15) is 9.59 Å². The molecule has 0 aliphatic rings. The Morgan fingerprint density at radius 1 is 0.769 bits per heavy atom. The number of hydrogen-bond acceptors (Lipinski definition) is 7. The molecule has 0 aliphatic heterocycles. The molecule has 0 spiro atoms. The van der Waals surface area contributed by atoms with Gasteiger partial charge in [0.05, 0.1) is 18.8 Å². The molecule has 0 saturated heterocycles. The Morgan fingerprint density at radius 2 is 1.44 bits per heavy atom. The van der Waals surface area contributed by atoms with Crippen LogP contribution in [0, 0.1) is 0 Å². The van der Waals surface area contributed by atoms with E-state index in [2.05, 4.69) is 6.92 Å². The van der Waals surface area contributed by atoms with E-state index in [-0.39, 0.29) is 0 Å². The maximum atomic E-state index is 12.2. The SMILES string of the molecule is CCCCCc1ccc(OC(=O)C=Cc2ccc(OCCCCCOC(=O)c3cc(N)cc(N)c3)cc2)cc1. The number of nitrogens with two attached hydrogens (primary N) is 2. The van der Waals surface area contributed by atoms with Crippen LogP contribution in [0.1, 0.15) is 66.9 Å². The van der Waals surface area contributed by atoms with Crippen LogP contribution in [0.3, 0.4) is 0 Å². The van der Waals surface area contributed by atoms with Crippen LogP contribution in [0.4, 0.5) is 11.4 Å². The molecule has 206 valence electrons. The molecule has 0 radical (unpaired) electrons. The summed E-state index contributed by atoms with van der Waals surface area (Å²) < 4.78 is 16.4. The number of ether oxygens (including phenoxy) is 3. The Hall–Kier alpha value is -4.26. The lowest BCUT2D eigenvalue weighted by molar-refractivity contribution is -0.128. The molecule has 0 aromatic heterocycles. The fraction of sp³-hybridized carbons (Fsp3) is 0.312. The molecule has 0 aliphatic carbocycles. The van der Waals surface area contributed by atoms with Crippen molar-refractivity contribution < 1.29 is 23.8 Å². The zero-order chi connectivity index (χ0) is 27.9. The number of benzene rings is 3. The zero-order valence-electron chi connectivity index (χ0n) is 22.6. The summed E-state index contributed by atoms with van der Waals surface area (Å²) in [6, 6.07) is 19.9. The molecular weight excluding hydrogens is 492 g/mol. The molecule has 0 unspecified atom stereocenters. The first-order chi connectivity index (χ1) is 18.9. The predicted octanol–water partition coefficient (Wildman–Crippen LogP) is 6.61. The molecular formula is C32H38N2O5. The van der Waals surface area contributed by atoms with Gasteiger partial charge in [0, 0.05) is 17.5 Å². The van der Waals surface area contributed by atoms with Gasteiger partial charge in [-0.05, 0) is 91.8 Å². The molecule has 0 amide bonds. The molecule has 0 bridgehead atoms. The van der Waals surface area contributed by atoms with Gasteiger partial charge in [0.1, 0.15) is 11.5 Å². The average Bonchev–Trinajstić information content (AvgIpc) is 2.92. The van der Waals surface area contributed by atoms with E-state index in [0.717, 1.165) is 37.0 Å². The fourth-order valence-corrected chi connectivity index (χ4v) is 3.91. The van der Waals surface area contributed by atoms with E-state index in [4.69, 9.17) is 25.7 Å². The Labute approximate surface area is 230 Å². The summed E-state index contributed by atoms with van der Waals surface area (Å²) in [5.41, 5.74) is 14.8. The average molecular weight is 531 g/mol. The second-order valence-electron chi connectivity index (χ2n) is 9.36. The summed E-state index contributed by atoms with van der Waals surface area (Å²) in [5, 5.41) is 0. The normalized spacial score (nSPS) is 10.9. The zero-order valence-corrected chi connectivity index (χ0v) is 22.6. The van der Waals surface area contributed by atoms with Crippen LogP contribution in [0.2, 0.25) is 0 Å². The minimum Gasteiger partial charge on any atom is -0.494 e. The Kier molecular flexibility index (Phi) is 11.9. The van der Waals surface area contributed by atoms with Crippen molar-refractivity contribution in [2.75, 3.05) is 24.7 Å². The first-order valence-corrected chi connectivity index (χ1v) is 13.5. The molecule has 7 heteroatoms. The molecule has 7 nitrogen and oxygen atoms in total. The number of anilines is 2. The van der Waals surface area contributed by atoms with Crippen LogP contribution < -0.4 is 20.9 Å². The highest BCUT2D eigenvalue weighted by Crippen LogP contribution is 2.17. The molecule has 3 aromatic carbocycles. The van der Waals surface area contributed by atoms with Crippen molar-refractivity contribution in [2.24, 2.45) is 0 Å². The van der Waals surface area contributed by atoms with E-state index < -0.39 is 11.9 Å². The van der Waals surface area contributed by atoms with Gasteiger partial charge in [0.2, 0.25) is 0 Å². The van der Waals surface area contributed by atoms with Crippen molar-refractivity contribution in [3.8, 4) is 11.5 Å². The van der Waals surface area contributed by atoms with E-state index >= 15 is 0 Å². The summed E-state index contributed by atoms with van der Waals surface area (Å²) in [6.45, 7) is 3.06. The van der Waals surface area contributed by atoms with Gasteiger partial charge in [-0.25, -0.2) is 9.59 Å². The first-order valence-electron chi connectivity index (χ1n) is 13.5. The van der Waals surface area contributed by atoms with Crippen LogP contribution in [0.15, 0.2) is 72.8 Å². The van der Waals surface area contributed by atoms with Crippen LogP contribution in [0.5, 0.6) is 11.5 Å². The number of hydrogen-bond donors (Lipinski definition) is 2. The number of carbonyl (C=O) groups excluding carboxylic acids is 2. The molecule has 0 heterocycles. The number of esters is 2. The second-order valence-corrected chi connectivity index (χ2v) is 9.36. The number of aryl methyl sites for hydroxylation is 1. The van der Waals surface area contributed by atoms with Crippen LogP contribution in [-0.2, 0) is 16.0 Å². The molecule has 3 aromatic rings. The van der Waals surface area contributed by atoms with Gasteiger partial charge in [-0.2, -0.15) is 0 Å². The van der Waals surface area contributed by atoms with Crippen molar-refractivity contribution in [1.29, 1.82) is 0 Å². The topological polar surface area (TPSA) is 114 Å². The summed E-state index contributed by atoms with van der Waals surface area (Å²) in [6.07, 6.45) is 10.2. The molecule has 0 atom stereocenters. The molecule has 0 saturated carbocycles. The summed E-state index contributed by atoms with van der Waals surface area (Å²) in [5.74, 6) is 0.438. The third-order valence-corrected chi connectivity index (χ3v) is 6.01. The minimum absolute atomic E-state index is 0.321. The maximum absolute atomic E-state index is 12.2. The van der Waals surface area contributed by atoms with Gasteiger partial charge in [0.25, 0.3) is 0 Å². The molecule has 4 N–H and O–H groups in total. The summed E-state index contributed by atoms with van der Waals surface area (Å²) in [7, 11) is 0. The van der Waals surface area contributed by atoms with Gasteiger partial charge in [-0.15, -0.1) is 0 Å². The minimum atomic E-state index is -0.431. The third kappa shape index (κ3) is 10.9. The van der Waals surface area contributed by atoms with Gasteiger partial charge in [-0.3, -0.25) is 0 Å². The Balaban J connectivity index is 1.29. The maximum Gasteiger partial charge on any atom is 0.338 e. The highest BCUT2D eigenvalue weighted by molar-refractivity contribution is 5.91. The number of nitrogen functional groups attached to an aromatic ring is 2. The highest BCUT2D eigenvalue weighted by Gasteiger charge is 2.08. The van der Waals surface area contributed by atoms with E-state index in [1.807, 2.05) is 48.5 Å². The number of carbonyl (C=O) groups is 2. The molecule has 39 heavy (non-hydrogen) atoms. The van der Waals surface area contributed by atoms with Crippen LogP contribution in [-0.4, -0.2) is 25.2 Å². The van der Waals surface area contributed by atoms with Gasteiger partial charge >= 0.3 is 11.9 Å². The van der Waals surface area contributed by atoms with Crippen molar-refractivity contribution >= 4 is 29.4 Å². The van der Waals surface area contributed by atoms with Gasteiger partial charge in [-0.1, -0.05) is 44.0 Å². The largest absolute Gasteiger partial charge is 0.494 e. The second kappa shape index (κ2) is 15.9. The standard InChI is InChI=1S/C32H38N2O5/c1-2-3-5-8-24-11-16-30(17-12-24)39-31(35)18-13-25-9-14-29(15-10-25)37-19-6-4-7-20-38-32(36)26-21-27(33)23-28(34)22-26/h9-18,21-23H,2-8,19-20,33-34H2,1H3.